The Hall–Kier alpha value is -2.41. The van der Waals surface area contributed by atoms with Crippen LogP contribution in [0.15, 0.2) is 48.5 Å². The van der Waals surface area contributed by atoms with E-state index in [1.54, 1.807) is 12.1 Å². The van der Waals surface area contributed by atoms with E-state index in [-0.39, 0.29) is 5.75 Å². The number of halogens is 3. The third-order valence-corrected chi connectivity index (χ3v) is 6.26. The molecule has 0 saturated heterocycles. The topological polar surface area (TPSA) is 9.23 Å². The van der Waals surface area contributed by atoms with Crippen LogP contribution in [0.2, 0.25) is 0 Å². The fourth-order valence-electron chi connectivity index (χ4n) is 4.39. The van der Waals surface area contributed by atoms with E-state index in [4.69, 9.17) is 0 Å². The van der Waals surface area contributed by atoms with Crippen molar-refractivity contribution in [3.05, 3.63) is 65.2 Å². The maximum atomic E-state index is 12.2. The molecule has 0 spiro atoms. The molecule has 0 bridgehead atoms. The average molecular weight is 443 g/mol. The molecule has 172 valence electrons. The summed E-state index contributed by atoms with van der Waals surface area (Å²) in [6.07, 6.45) is 7.48. The Morgan fingerprint density at radius 1 is 0.844 bits per heavy atom. The first-order valence-corrected chi connectivity index (χ1v) is 11.9. The van der Waals surface area contributed by atoms with Crippen LogP contribution in [0.3, 0.4) is 0 Å². The van der Waals surface area contributed by atoms with Crippen LogP contribution in [-0.2, 0) is 6.42 Å². The monoisotopic (exact) mass is 442 g/mol. The minimum Gasteiger partial charge on any atom is -0.406 e. The van der Waals surface area contributed by atoms with Crippen LogP contribution >= 0.6 is 0 Å². The first-order valence-electron chi connectivity index (χ1n) is 11.9. The zero-order valence-corrected chi connectivity index (χ0v) is 18.9. The van der Waals surface area contributed by atoms with Crippen molar-refractivity contribution < 1.29 is 17.9 Å². The van der Waals surface area contributed by atoms with Crippen LogP contribution in [0.1, 0.15) is 87.3 Å². The van der Waals surface area contributed by atoms with Gasteiger partial charge in [0.05, 0.1) is 0 Å². The first kappa shape index (κ1) is 24.2. The summed E-state index contributed by atoms with van der Waals surface area (Å²) in [6, 6.07) is 15.0. The third-order valence-electron chi connectivity index (χ3n) is 6.26. The van der Waals surface area contributed by atoms with Crippen molar-refractivity contribution >= 4 is 0 Å². The SMILES string of the molecule is CCCCCCCc1ccc([C@H]2CC[C@H](C#Cc3ccc(OC(F)(F)F)cc3)CC2)cc1. The van der Waals surface area contributed by atoms with Gasteiger partial charge in [-0.05, 0) is 79.8 Å². The molecule has 0 atom stereocenters. The molecule has 0 unspecified atom stereocenters. The van der Waals surface area contributed by atoms with E-state index in [1.165, 1.54) is 61.8 Å². The largest absolute Gasteiger partial charge is 0.573 e. The lowest BCUT2D eigenvalue weighted by Crippen LogP contribution is -2.16. The summed E-state index contributed by atoms with van der Waals surface area (Å²) in [6.45, 7) is 2.25. The molecule has 3 rings (SSSR count). The van der Waals surface area contributed by atoms with Gasteiger partial charge < -0.3 is 4.74 Å². The Kier molecular flexibility index (Phi) is 9.09. The normalized spacial score (nSPS) is 18.6. The number of hydrogen-bond donors (Lipinski definition) is 0. The predicted octanol–water partition coefficient (Wildman–Crippen LogP) is 8.42. The van der Waals surface area contributed by atoms with E-state index in [0.29, 0.717) is 17.4 Å². The molecule has 1 nitrogen and oxygen atoms in total. The second-order valence-electron chi connectivity index (χ2n) is 8.80. The molecule has 0 radical (unpaired) electrons. The molecule has 1 saturated carbocycles. The smallest absolute Gasteiger partial charge is 0.406 e. The Labute approximate surface area is 190 Å². The van der Waals surface area contributed by atoms with E-state index in [0.717, 1.165) is 25.7 Å². The molecule has 1 fully saturated rings. The zero-order valence-electron chi connectivity index (χ0n) is 18.9. The van der Waals surface area contributed by atoms with Gasteiger partial charge in [-0.25, -0.2) is 0 Å². The van der Waals surface area contributed by atoms with Crippen molar-refractivity contribution in [2.45, 2.75) is 83.4 Å². The van der Waals surface area contributed by atoms with E-state index in [9.17, 15) is 13.2 Å². The van der Waals surface area contributed by atoms with Crippen molar-refractivity contribution in [1.29, 1.82) is 0 Å². The maximum absolute atomic E-state index is 12.2. The lowest BCUT2D eigenvalue weighted by Gasteiger charge is -2.26. The maximum Gasteiger partial charge on any atom is 0.573 e. The van der Waals surface area contributed by atoms with Gasteiger partial charge in [0.2, 0.25) is 0 Å². The summed E-state index contributed by atoms with van der Waals surface area (Å²) in [5.41, 5.74) is 3.59. The highest BCUT2D eigenvalue weighted by atomic mass is 19.4. The Balaban J connectivity index is 1.43. The number of hydrogen-bond acceptors (Lipinski definition) is 1. The minimum absolute atomic E-state index is 0.217. The van der Waals surface area contributed by atoms with Gasteiger partial charge in [0.1, 0.15) is 5.75 Å². The Morgan fingerprint density at radius 2 is 1.50 bits per heavy atom. The molecule has 0 heterocycles. The van der Waals surface area contributed by atoms with Gasteiger partial charge in [-0.2, -0.15) is 0 Å². The summed E-state index contributed by atoms with van der Waals surface area (Å²) in [5, 5.41) is 0. The van der Waals surface area contributed by atoms with Crippen molar-refractivity contribution in [2.24, 2.45) is 5.92 Å². The summed E-state index contributed by atoms with van der Waals surface area (Å²) < 4.78 is 40.6. The predicted molar refractivity (Wildman–Crippen MR) is 124 cm³/mol. The van der Waals surface area contributed by atoms with Gasteiger partial charge in [0.25, 0.3) is 0 Å². The fourth-order valence-corrected chi connectivity index (χ4v) is 4.39. The third kappa shape index (κ3) is 8.26. The van der Waals surface area contributed by atoms with Crippen LogP contribution in [0, 0.1) is 17.8 Å². The number of benzene rings is 2. The second-order valence-corrected chi connectivity index (χ2v) is 8.80. The number of rotatable bonds is 8. The fraction of sp³-hybridized carbons (Fsp3) is 0.500. The number of alkyl halides is 3. The average Bonchev–Trinajstić information content (AvgIpc) is 2.78. The lowest BCUT2D eigenvalue weighted by molar-refractivity contribution is -0.274. The van der Waals surface area contributed by atoms with Gasteiger partial charge in [0, 0.05) is 11.5 Å². The van der Waals surface area contributed by atoms with Crippen molar-refractivity contribution in [1.82, 2.24) is 0 Å². The van der Waals surface area contributed by atoms with Crippen LogP contribution in [-0.4, -0.2) is 6.36 Å². The highest BCUT2D eigenvalue weighted by Crippen LogP contribution is 2.35. The van der Waals surface area contributed by atoms with E-state index < -0.39 is 6.36 Å². The van der Waals surface area contributed by atoms with Gasteiger partial charge in [-0.1, -0.05) is 68.7 Å². The zero-order chi connectivity index (χ0) is 22.8. The molecule has 1 aliphatic rings. The Bertz CT molecular complexity index is 864. The van der Waals surface area contributed by atoms with Crippen LogP contribution in [0.25, 0.3) is 0 Å². The number of ether oxygens (including phenoxy) is 1. The van der Waals surface area contributed by atoms with Crippen molar-refractivity contribution in [2.75, 3.05) is 0 Å². The van der Waals surface area contributed by atoms with Crippen molar-refractivity contribution in [3.63, 3.8) is 0 Å². The van der Waals surface area contributed by atoms with Crippen LogP contribution in [0.5, 0.6) is 5.75 Å². The highest BCUT2D eigenvalue weighted by Gasteiger charge is 2.30. The molecule has 1 aliphatic carbocycles. The molecular formula is C28H33F3O. The molecule has 0 aliphatic heterocycles. The minimum atomic E-state index is -4.67. The second kappa shape index (κ2) is 12.0. The Morgan fingerprint density at radius 3 is 2.12 bits per heavy atom. The molecular weight excluding hydrogens is 409 g/mol. The molecule has 32 heavy (non-hydrogen) atoms. The van der Waals surface area contributed by atoms with E-state index >= 15 is 0 Å². The molecule has 0 N–H and O–H groups in total. The molecule has 0 amide bonds. The summed E-state index contributed by atoms with van der Waals surface area (Å²) >= 11 is 0. The van der Waals surface area contributed by atoms with Crippen molar-refractivity contribution in [3.8, 4) is 17.6 Å². The van der Waals surface area contributed by atoms with Crippen LogP contribution < -0.4 is 4.74 Å². The van der Waals surface area contributed by atoms with Crippen LogP contribution in [0.4, 0.5) is 13.2 Å². The van der Waals surface area contributed by atoms with Gasteiger partial charge in [0.15, 0.2) is 0 Å². The summed E-state index contributed by atoms with van der Waals surface area (Å²) in [7, 11) is 0. The number of unbranched alkanes of at least 4 members (excludes halogenated alkanes) is 4. The highest BCUT2D eigenvalue weighted by molar-refractivity contribution is 5.38. The molecule has 2 aromatic rings. The standard InChI is InChI=1S/C28H33F3O/c1-2-3-4-5-6-7-22-10-16-25(17-11-22)26-18-12-23(13-19-26)8-9-24-14-20-27(21-15-24)32-28(29,30)31/h10-11,14-17,20-21,23,26H,2-7,12-13,18-19H2,1H3/t23-,26-. The lowest BCUT2D eigenvalue weighted by atomic mass is 9.78. The quantitative estimate of drug-likeness (QED) is 0.294. The van der Waals surface area contributed by atoms with Gasteiger partial charge >= 0.3 is 6.36 Å². The van der Waals surface area contributed by atoms with Gasteiger partial charge in [-0.15, -0.1) is 13.2 Å². The molecule has 2 aromatic carbocycles. The summed E-state index contributed by atoms with van der Waals surface area (Å²) in [4.78, 5) is 0. The molecule has 0 aromatic heterocycles. The first-order chi connectivity index (χ1) is 15.4. The van der Waals surface area contributed by atoms with Gasteiger partial charge in [-0.3, -0.25) is 0 Å². The van der Waals surface area contributed by atoms with E-state index in [1.807, 2.05) is 0 Å². The van der Waals surface area contributed by atoms with E-state index in [2.05, 4.69) is 47.8 Å². The number of aryl methyl sites for hydroxylation is 1. The molecule has 4 heteroatoms. The summed E-state index contributed by atoms with van der Waals surface area (Å²) in [5.74, 6) is 7.16.